The van der Waals surface area contributed by atoms with Gasteiger partial charge in [-0.25, -0.2) is 4.98 Å². The first-order valence-electron chi connectivity index (χ1n) is 9.04. The van der Waals surface area contributed by atoms with Crippen LogP contribution in [0.5, 0.6) is 0 Å². The van der Waals surface area contributed by atoms with Crippen molar-refractivity contribution in [1.82, 2.24) is 10.3 Å². The molecule has 134 valence electrons. The van der Waals surface area contributed by atoms with Gasteiger partial charge < -0.3 is 10.4 Å². The lowest BCUT2D eigenvalue weighted by Gasteiger charge is -2.20. The molecule has 1 fully saturated rings. The van der Waals surface area contributed by atoms with Crippen molar-refractivity contribution < 1.29 is 9.90 Å². The number of nitrogens with zero attached hydrogens (tertiary/aromatic N) is 1. The quantitative estimate of drug-likeness (QED) is 0.825. The van der Waals surface area contributed by atoms with Crippen LogP contribution in [0, 0.1) is 6.92 Å². The van der Waals surface area contributed by atoms with E-state index in [1.807, 2.05) is 44.2 Å². The fraction of sp³-hybridized carbons (Fsp3) is 0.500. The summed E-state index contributed by atoms with van der Waals surface area (Å²) in [4.78, 5) is 17.9. The van der Waals surface area contributed by atoms with Crippen molar-refractivity contribution in [2.45, 2.75) is 64.0 Å². The van der Waals surface area contributed by atoms with Crippen LogP contribution in [0.2, 0.25) is 0 Å². The molecule has 1 heterocycles. The van der Waals surface area contributed by atoms with E-state index in [1.54, 1.807) is 0 Å². The zero-order chi connectivity index (χ0) is 17.8. The summed E-state index contributed by atoms with van der Waals surface area (Å²) in [6.45, 7) is 3.74. The Bertz CT molecular complexity index is 708. The van der Waals surface area contributed by atoms with E-state index in [9.17, 15) is 9.90 Å². The molecule has 2 atom stereocenters. The molecule has 5 heteroatoms. The van der Waals surface area contributed by atoms with Crippen LogP contribution in [0.15, 0.2) is 30.3 Å². The number of nitrogens with one attached hydrogen (secondary N) is 1. The van der Waals surface area contributed by atoms with Crippen LogP contribution < -0.4 is 5.32 Å². The van der Waals surface area contributed by atoms with Crippen molar-refractivity contribution in [2.24, 2.45) is 0 Å². The number of aromatic nitrogens is 1. The Balaban J connectivity index is 1.61. The average molecular weight is 359 g/mol. The molecular weight excluding hydrogens is 332 g/mol. The molecule has 0 unspecified atom stereocenters. The van der Waals surface area contributed by atoms with Crippen LogP contribution >= 0.6 is 11.3 Å². The molecule has 0 spiro atoms. The van der Waals surface area contributed by atoms with Crippen molar-refractivity contribution in [3.63, 3.8) is 0 Å². The lowest BCUT2D eigenvalue weighted by atomic mass is 10.0. The molecule has 1 amide bonds. The number of carbonyl (C=O) groups excluding carboxylic acids is 1. The number of hydrogen-bond acceptors (Lipinski definition) is 4. The van der Waals surface area contributed by atoms with Crippen LogP contribution in [-0.4, -0.2) is 28.1 Å². The number of benzene rings is 1. The number of rotatable bonds is 6. The first-order valence-corrected chi connectivity index (χ1v) is 9.86. The van der Waals surface area contributed by atoms with Gasteiger partial charge in [-0.2, -0.15) is 0 Å². The molecule has 1 aromatic heterocycles. The van der Waals surface area contributed by atoms with E-state index in [1.165, 1.54) is 37.0 Å². The van der Waals surface area contributed by atoms with E-state index < -0.39 is 6.10 Å². The molecule has 1 aromatic carbocycles. The second-order valence-electron chi connectivity index (χ2n) is 6.97. The molecule has 1 saturated carbocycles. The average Bonchev–Trinajstić information content (AvgIpc) is 3.25. The number of aliphatic hydroxyl groups excluding tert-OH is 1. The highest BCUT2D eigenvalue weighted by molar-refractivity contribution is 7.13. The van der Waals surface area contributed by atoms with Crippen LogP contribution in [0.1, 0.15) is 64.5 Å². The summed E-state index contributed by atoms with van der Waals surface area (Å²) >= 11 is 1.52. The van der Waals surface area contributed by atoms with Gasteiger partial charge in [0.15, 0.2) is 0 Å². The van der Waals surface area contributed by atoms with E-state index in [4.69, 9.17) is 0 Å². The van der Waals surface area contributed by atoms with Gasteiger partial charge in [-0.1, -0.05) is 43.2 Å². The van der Waals surface area contributed by atoms with Gasteiger partial charge in [-0.05, 0) is 32.3 Å². The molecule has 3 rings (SSSR count). The topological polar surface area (TPSA) is 62.2 Å². The summed E-state index contributed by atoms with van der Waals surface area (Å²) in [5, 5.41) is 14.4. The molecule has 0 radical (unpaired) electrons. The highest BCUT2D eigenvalue weighted by atomic mass is 32.1. The van der Waals surface area contributed by atoms with Crippen molar-refractivity contribution >= 4 is 17.2 Å². The molecule has 0 bridgehead atoms. The van der Waals surface area contributed by atoms with E-state index in [-0.39, 0.29) is 11.9 Å². The Morgan fingerprint density at radius 1 is 1.32 bits per heavy atom. The minimum absolute atomic E-state index is 0.126. The predicted octanol–water partition coefficient (Wildman–Crippen LogP) is 3.83. The molecule has 0 aliphatic heterocycles. The number of aliphatic hydroxyl groups is 1. The van der Waals surface area contributed by atoms with E-state index in [0.29, 0.717) is 17.2 Å². The number of carbonyl (C=O) groups is 1. The lowest BCUT2D eigenvalue weighted by Crippen LogP contribution is -2.42. The Kier molecular flexibility index (Phi) is 5.86. The summed E-state index contributed by atoms with van der Waals surface area (Å²) in [6, 6.07) is 9.52. The van der Waals surface area contributed by atoms with E-state index >= 15 is 0 Å². The molecule has 2 N–H and O–H groups in total. The Morgan fingerprint density at radius 3 is 2.68 bits per heavy atom. The SMILES string of the molecule is Cc1nc(C2CCCC2)sc1C(=O)N[C@H](C)[C@H](O)Cc1ccccc1. The van der Waals surface area contributed by atoms with Gasteiger partial charge in [0.1, 0.15) is 4.88 Å². The molecule has 25 heavy (non-hydrogen) atoms. The minimum atomic E-state index is -0.617. The molecule has 4 nitrogen and oxygen atoms in total. The molecule has 1 aliphatic carbocycles. The van der Waals surface area contributed by atoms with E-state index in [0.717, 1.165) is 16.3 Å². The van der Waals surface area contributed by atoms with E-state index in [2.05, 4.69) is 10.3 Å². The van der Waals surface area contributed by atoms with Gasteiger partial charge in [0.2, 0.25) is 0 Å². The number of thiazole rings is 1. The predicted molar refractivity (Wildman–Crippen MR) is 101 cm³/mol. The van der Waals surface area contributed by atoms with Crippen LogP contribution in [0.4, 0.5) is 0 Å². The van der Waals surface area contributed by atoms with Crippen molar-refractivity contribution in [3.8, 4) is 0 Å². The van der Waals surface area contributed by atoms with Crippen LogP contribution in [0.3, 0.4) is 0 Å². The zero-order valence-corrected chi connectivity index (χ0v) is 15.7. The second kappa shape index (κ2) is 8.11. The van der Waals surface area contributed by atoms with Gasteiger partial charge in [0.05, 0.1) is 22.8 Å². The Labute approximate surface area is 153 Å². The Morgan fingerprint density at radius 2 is 2.00 bits per heavy atom. The number of hydrogen-bond donors (Lipinski definition) is 2. The maximum atomic E-state index is 12.6. The van der Waals surface area contributed by atoms with Crippen molar-refractivity contribution in [3.05, 3.63) is 51.5 Å². The molecule has 2 aromatic rings. The normalized spacial score (nSPS) is 17.4. The molecule has 1 aliphatic rings. The van der Waals surface area contributed by atoms with Crippen molar-refractivity contribution in [1.29, 1.82) is 0 Å². The smallest absolute Gasteiger partial charge is 0.263 e. The monoisotopic (exact) mass is 358 g/mol. The van der Waals surface area contributed by atoms with Crippen LogP contribution in [-0.2, 0) is 6.42 Å². The summed E-state index contributed by atoms with van der Waals surface area (Å²) in [5.41, 5.74) is 1.86. The largest absolute Gasteiger partial charge is 0.391 e. The third kappa shape index (κ3) is 4.47. The third-order valence-corrected chi connectivity index (χ3v) is 6.27. The minimum Gasteiger partial charge on any atom is -0.391 e. The summed E-state index contributed by atoms with van der Waals surface area (Å²) in [7, 11) is 0. The summed E-state index contributed by atoms with van der Waals surface area (Å²) in [5.74, 6) is 0.394. The molecule has 0 saturated heterocycles. The van der Waals surface area contributed by atoms with Crippen LogP contribution in [0.25, 0.3) is 0 Å². The van der Waals surface area contributed by atoms with Gasteiger partial charge in [0.25, 0.3) is 5.91 Å². The molecular formula is C20H26N2O2S. The first kappa shape index (κ1) is 18.1. The third-order valence-electron chi connectivity index (χ3n) is 4.95. The summed E-state index contributed by atoms with van der Waals surface area (Å²) in [6.07, 6.45) is 4.78. The zero-order valence-electron chi connectivity index (χ0n) is 14.9. The maximum Gasteiger partial charge on any atom is 0.263 e. The lowest BCUT2D eigenvalue weighted by molar-refractivity contribution is 0.0855. The van der Waals surface area contributed by atoms with Gasteiger partial charge >= 0.3 is 0 Å². The number of amides is 1. The standard InChI is InChI=1S/C20H26N2O2S/c1-13(17(23)12-15-8-4-3-5-9-15)21-19(24)18-14(2)22-20(25-18)16-10-6-7-11-16/h3-5,8-9,13,16-17,23H,6-7,10-12H2,1-2H3,(H,21,24)/t13-,17-/m1/s1. The number of aryl methyl sites for hydroxylation is 1. The van der Waals surface area contributed by atoms with Gasteiger partial charge in [0, 0.05) is 12.3 Å². The van der Waals surface area contributed by atoms with Gasteiger partial charge in [-0.3, -0.25) is 4.79 Å². The highest BCUT2D eigenvalue weighted by Crippen LogP contribution is 2.37. The van der Waals surface area contributed by atoms with Crippen molar-refractivity contribution in [2.75, 3.05) is 0 Å². The van der Waals surface area contributed by atoms with Gasteiger partial charge in [-0.15, -0.1) is 11.3 Å². The fourth-order valence-electron chi connectivity index (χ4n) is 3.38. The first-order chi connectivity index (χ1) is 12.0. The summed E-state index contributed by atoms with van der Waals surface area (Å²) < 4.78 is 0. The Hall–Kier alpha value is -1.72. The maximum absolute atomic E-state index is 12.6. The fourth-order valence-corrected chi connectivity index (χ4v) is 4.52. The highest BCUT2D eigenvalue weighted by Gasteiger charge is 2.25. The second-order valence-corrected chi connectivity index (χ2v) is 8.00.